The predicted molar refractivity (Wildman–Crippen MR) is 118 cm³/mol. The number of imidazole rings is 1. The average Bonchev–Trinajstić information content (AvgIpc) is 3.13. The Labute approximate surface area is 175 Å². The van der Waals surface area contributed by atoms with Gasteiger partial charge in [-0.15, -0.1) is 0 Å². The van der Waals surface area contributed by atoms with Gasteiger partial charge in [0, 0.05) is 5.02 Å². The van der Waals surface area contributed by atoms with Crippen LogP contribution in [0.25, 0.3) is 11.0 Å². The number of hydrogen-bond donors (Lipinski definition) is 1. The lowest BCUT2D eigenvalue weighted by molar-refractivity contribution is 0.340. The normalized spacial score (nSPS) is 18.3. The summed E-state index contributed by atoms with van der Waals surface area (Å²) in [6.07, 6.45) is 0.920. The Hall–Kier alpha value is -2.98. The molecule has 0 spiro atoms. The van der Waals surface area contributed by atoms with E-state index in [1.54, 1.807) is 0 Å². The lowest BCUT2D eigenvalue weighted by Gasteiger charge is -2.33. The van der Waals surface area contributed by atoms with Gasteiger partial charge in [0.15, 0.2) is 0 Å². The molecule has 146 valence electrons. The highest BCUT2D eigenvalue weighted by Crippen LogP contribution is 2.41. The molecule has 0 bridgehead atoms. The highest BCUT2D eigenvalue weighted by molar-refractivity contribution is 6.30. The van der Waals surface area contributed by atoms with Gasteiger partial charge in [0.25, 0.3) is 0 Å². The molecule has 0 saturated carbocycles. The summed E-state index contributed by atoms with van der Waals surface area (Å²) in [7, 11) is 0. The van der Waals surface area contributed by atoms with Gasteiger partial charge in [-0.25, -0.2) is 4.98 Å². The molecule has 5 rings (SSSR count). The number of benzene rings is 3. The molecule has 0 fully saturated rings. The van der Waals surface area contributed by atoms with Crippen LogP contribution in [-0.4, -0.2) is 16.2 Å². The molecule has 0 unspecified atom stereocenters. The van der Waals surface area contributed by atoms with Crippen LogP contribution in [0.15, 0.2) is 72.8 Å². The van der Waals surface area contributed by atoms with Crippen molar-refractivity contribution >= 4 is 28.6 Å². The van der Waals surface area contributed by atoms with Crippen molar-refractivity contribution in [1.82, 2.24) is 9.55 Å². The fourth-order valence-corrected chi connectivity index (χ4v) is 4.28. The maximum atomic E-state index is 6.10. The summed E-state index contributed by atoms with van der Waals surface area (Å²) in [4.78, 5) is 4.87. The van der Waals surface area contributed by atoms with Crippen LogP contribution in [0.2, 0.25) is 5.02 Å². The van der Waals surface area contributed by atoms with Gasteiger partial charge in [0.05, 0.1) is 29.7 Å². The summed E-state index contributed by atoms with van der Waals surface area (Å²) < 4.78 is 7.95. The third-order valence-corrected chi connectivity index (χ3v) is 5.77. The van der Waals surface area contributed by atoms with Crippen LogP contribution < -0.4 is 10.1 Å². The Morgan fingerprint density at radius 2 is 1.72 bits per heavy atom. The quantitative estimate of drug-likeness (QED) is 0.438. The number of para-hydroxylation sites is 2. The van der Waals surface area contributed by atoms with Crippen molar-refractivity contribution < 1.29 is 4.74 Å². The molecule has 3 aromatic carbocycles. The van der Waals surface area contributed by atoms with Gasteiger partial charge in [0.2, 0.25) is 5.95 Å². The molecule has 1 aliphatic heterocycles. The van der Waals surface area contributed by atoms with E-state index in [2.05, 4.69) is 64.5 Å². The Morgan fingerprint density at radius 3 is 2.48 bits per heavy atom. The van der Waals surface area contributed by atoms with Crippen LogP contribution in [0.5, 0.6) is 5.75 Å². The van der Waals surface area contributed by atoms with Gasteiger partial charge < -0.3 is 14.6 Å². The maximum absolute atomic E-state index is 6.10. The summed E-state index contributed by atoms with van der Waals surface area (Å²) >= 11 is 6.10. The minimum absolute atomic E-state index is 0.160. The molecule has 0 radical (unpaired) electrons. The van der Waals surface area contributed by atoms with Crippen molar-refractivity contribution in [3.05, 3.63) is 88.9 Å². The van der Waals surface area contributed by atoms with E-state index < -0.39 is 0 Å². The predicted octanol–water partition coefficient (Wildman–Crippen LogP) is 6.23. The number of aromatic nitrogens is 2. The van der Waals surface area contributed by atoms with Crippen molar-refractivity contribution in [3.63, 3.8) is 0 Å². The first kappa shape index (κ1) is 18.1. The van der Waals surface area contributed by atoms with E-state index in [0.717, 1.165) is 34.2 Å². The number of nitrogens with zero attached hydrogens (tertiary/aromatic N) is 2. The van der Waals surface area contributed by atoms with E-state index in [1.165, 1.54) is 11.1 Å². The standard InChI is InChI=1S/C24H22ClN3O/c1-2-29-19-13-9-17(10-14-19)23-15-21(16-7-11-18(25)12-8-16)27-24-26-20-5-3-4-6-22(20)28(23)24/h3-14,21,23H,2,15H2,1H3,(H,26,27)/t21-,23+/m1/s1. The Balaban J connectivity index is 1.60. The lowest BCUT2D eigenvalue weighted by atomic mass is 9.93. The molecule has 2 heterocycles. The molecule has 29 heavy (non-hydrogen) atoms. The summed E-state index contributed by atoms with van der Waals surface area (Å²) in [6.45, 7) is 2.67. The van der Waals surface area contributed by atoms with Crippen LogP contribution in [0, 0.1) is 0 Å². The molecule has 1 aliphatic rings. The first-order valence-corrected chi connectivity index (χ1v) is 10.3. The number of hydrogen-bond acceptors (Lipinski definition) is 3. The number of nitrogens with one attached hydrogen (secondary N) is 1. The van der Waals surface area contributed by atoms with E-state index in [1.807, 2.05) is 25.1 Å². The first-order valence-electron chi connectivity index (χ1n) is 9.94. The van der Waals surface area contributed by atoms with E-state index in [-0.39, 0.29) is 12.1 Å². The number of fused-ring (bicyclic) bond motifs is 3. The molecule has 0 amide bonds. The summed E-state index contributed by atoms with van der Waals surface area (Å²) in [6, 6.07) is 25.1. The first-order chi connectivity index (χ1) is 14.2. The number of rotatable bonds is 4. The summed E-state index contributed by atoms with van der Waals surface area (Å²) in [5, 5.41) is 4.39. The van der Waals surface area contributed by atoms with Crippen molar-refractivity contribution in [2.24, 2.45) is 0 Å². The highest BCUT2D eigenvalue weighted by atomic mass is 35.5. The molecule has 0 saturated heterocycles. The average molecular weight is 404 g/mol. The van der Waals surface area contributed by atoms with Crippen molar-refractivity contribution in [1.29, 1.82) is 0 Å². The monoisotopic (exact) mass is 403 g/mol. The minimum Gasteiger partial charge on any atom is -0.494 e. The summed E-state index contributed by atoms with van der Waals surface area (Å²) in [5.74, 6) is 1.80. The molecule has 5 heteroatoms. The van der Waals surface area contributed by atoms with E-state index in [9.17, 15) is 0 Å². The molecule has 4 nitrogen and oxygen atoms in total. The number of ether oxygens (including phenoxy) is 1. The molecule has 1 aromatic heterocycles. The second-order valence-electron chi connectivity index (χ2n) is 7.30. The van der Waals surface area contributed by atoms with E-state index in [0.29, 0.717) is 6.61 Å². The highest BCUT2D eigenvalue weighted by Gasteiger charge is 2.30. The fraction of sp³-hybridized carbons (Fsp3) is 0.208. The zero-order chi connectivity index (χ0) is 19.8. The fourth-order valence-electron chi connectivity index (χ4n) is 4.16. The largest absolute Gasteiger partial charge is 0.494 e. The molecule has 0 aliphatic carbocycles. The van der Waals surface area contributed by atoms with Gasteiger partial charge >= 0.3 is 0 Å². The van der Waals surface area contributed by atoms with E-state index in [4.69, 9.17) is 21.3 Å². The van der Waals surface area contributed by atoms with Crippen LogP contribution in [-0.2, 0) is 0 Å². The topological polar surface area (TPSA) is 39.1 Å². The van der Waals surface area contributed by atoms with Crippen molar-refractivity contribution in [2.75, 3.05) is 11.9 Å². The van der Waals surface area contributed by atoms with Gasteiger partial charge in [-0.2, -0.15) is 0 Å². The number of halogens is 1. The molecular formula is C24H22ClN3O. The van der Waals surface area contributed by atoms with Crippen LogP contribution in [0.4, 0.5) is 5.95 Å². The maximum Gasteiger partial charge on any atom is 0.204 e. The van der Waals surface area contributed by atoms with Crippen LogP contribution in [0.1, 0.15) is 36.6 Å². The third-order valence-electron chi connectivity index (χ3n) is 5.52. The smallest absolute Gasteiger partial charge is 0.204 e. The van der Waals surface area contributed by atoms with Gasteiger partial charge in [0.1, 0.15) is 5.75 Å². The molecular weight excluding hydrogens is 382 g/mol. The summed E-state index contributed by atoms with van der Waals surface area (Å²) in [5.41, 5.74) is 4.60. The zero-order valence-electron chi connectivity index (χ0n) is 16.2. The second kappa shape index (κ2) is 7.45. The zero-order valence-corrected chi connectivity index (χ0v) is 16.9. The van der Waals surface area contributed by atoms with Crippen LogP contribution in [0.3, 0.4) is 0 Å². The second-order valence-corrected chi connectivity index (χ2v) is 7.73. The Morgan fingerprint density at radius 1 is 1.00 bits per heavy atom. The van der Waals surface area contributed by atoms with Gasteiger partial charge in [-0.3, -0.25) is 0 Å². The third kappa shape index (κ3) is 3.34. The SMILES string of the molecule is CCOc1ccc([C@@H]2C[C@H](c3ccc(Cl)cc3)Nc3nc4ccccc4n32)cc1. The lowest BCUT2D eigenvalue weighted by Crippen LogP contribution is -2.27. The molecule has 1 N–H and O–H groups in total. The van der Waals surface area contributed by atoms with Crippen molar-refractivity contribution in [2.45, 2.75) is 25.4 Å². The van der Waals surface area contributed by atoms with Crippen LogP contribution >= 0.6 is 11.6 Å². The Bertz CT molecular complexity index is 1140. The van der Waals surface area contributed by atoms with Crippen molar-refractivity contribution in [3.8, 4) is 5.75 Å². The van der Waals surface area contributed by atoms with Gasteiger partial charge in [-0.05, 0) is 60.9 Å². The van der Waals surface area contributed by atoms with E-state index >= 15 is 0 Å². The molecule has 4 aromatic rings. The minimum atomic E-state index is 0.160. The molecule has 2 atom stereocenters. The Kier molecular flexibility index (Phi) is 4.64. The number of anilines is 1. The van der Waals surface area contributed by atoms with Gasteiger partial charge in [-0.1, -0.05) is 48.0 Å².